The molecule has 1 nitrogen and oxygen atoms in total. The van der Waals surface area contributed by atoms with Crippen LogP contribution in [0.2, 0.25) is 5.02 Å². The minimum atomic E-state index is 0.576. The van der Waals surface area contributed by atoms with E-state index in [1.165, 1.54) is 11.3 Å². The third-order valence-corrected chi connectivity index (χ3v) is 3.66. The molecule has 1 atom stereocenters. The lowest BCUT2D eigenvalue weighted by molar-refractivity contribution is 0.689. The van der Waals surface area contributed by atoms with E-state index < -0.39 is 0 Å². The van der Waals surface area contributed by atoms with E-state index in [0.29, 0.717) is 5.25 Å². The zero-order valence-electron chi connectivity index (χ0n) is 7.29. The van der Waals surface area contributed by atoms with Crippen LogP contribution >= 0.6 is 23.4 Å². The van der Waals surface area contributed by atoms with Crippen molar-refractivity contribution >= 4 is 23.4 Å². The van der Waals surface area contributed by atoms with Gasteiger partial charge in [0.15, 0.2) is 0 Å². The molecule has 2 rings (SSSR count). The van der Waals surface area contributed by atoms with Crippen molar-refractivity contribution in [2.45, 2.75) is 5.25 Å². The van der Waals surface area contributed by atoms with Gasteiger partial charge in [-0.25, -0.2) is 0 Å². The second-order valence-electron chi connectivity index (χ2n) is 3.12. The van der Waals surface area contributed by atoms with Gasteiger partial charge < -0.3 is 5.32 Å². The maximum absolute atomic E-state index is 5.93. The highest BCUT2D eigenvalue weighted by Gasteiger charge is 2.15. The minimum absolute atomic E-state index is 0.576. The molecule has 0 saturated carbocycles. The Morgan fingerprint density at radius 1 is 1.46 bits per heavy atom. The number of thioether (sulfide) groups is 1. The largest absolute Gasteiger partial charge is 0.314 e. The highest BCUT2D eigenvalue weighted by Crippen LogP contribution is 2.31. The first-order valence-electron chi connectivity index (χ1n) is 4.44. The van der Waals surface area contributed by atoms with Crippen LogP contribution in [0.3, 0.4) is 0 Å². The molecule has 3 heteroatoms. The van der Waals surface area contributed by atoms with E-state index in [0.717, 1.165) is 18.1 Å². The molecule has 0 radical (unpaired) electrons. The molecule has 0 aromatic heterocycles. The summed E-state index contributed by atoms with van der Waals surface area (Å²) in [7, 11) is 0. The van der Waals surface area contributed by atoms with E-state index in [2.05, 4.69) is 17.4 Å². The predicted molar refractivity (Wildman–Crippen MR) is 59.5 cm³/mol. The van der Waals surface area contributed by atoms with Crippen LogP contribution in [0.15, 0.2) is 24.3 Å². The van der Waals surface area contributed by atoms with Gasteiger partial charge in [-0.3, -0.25) is 0 Å². The van der Waals surface area contributed by atoms with Gasteiger partial charge in [0.25, 0.3) is 0 Å². The Labute approximate surface area is 87.9 Å². The standard InChI is InChI=1S/C10H12ClNS/c11-9-3-1-2-8(6-9)10-7-12-4-5-13-10/h1-3,6,10,12H,4-5,7H2. The van der Waals surface area contributed by atoms with Gasteiger partial charge >= 0.3 is 0 Å². The van der Waals surface area contributed by atoms with Crippen LogP contribution in [-0.4, -0.2) is 18.8 Å². The topological polar surface area (TPSA) is 12.0 Å². The summed E-state index contributed by atoms with van der Waals surface area (Å²) in [6.07, 6.45) is 0. The zero-order chi connectivity index (χ0) is 9.10. The van der Waals surface area contributed by atoms with Crippen LogP contribution < -0.4 is 5.32 Å². The van der Waals surface area contributed by atoms with Crippen molar-refractivity contribution in [3.05, 3.63) is 34.9 Å². The van der Waals surface area contributed by atoms with Gasteiger partial charge in [-0.1, -0.05) is 23.7 Å². The summed E-state index contributed by atoms with van der Waals surface area (Å²) < 4.78 is 0. The van der Waals surface area contributed by atoms with Crippen molar-refractivity contribution in [2.75, 3.05) is 18.8 Å². The summed E-state index contributed by atoms with van der Waals surface area (Å²) in [5.41, 5.74) is 1.34. The van der Waals surface area contributed by atoms with Crippen LogP contribution in [0.25, 0.3) is 0 Å². The molecule has 1 saturated heterocycles. The Kier molecular flexibility index (Phi) is 3.14. The van der Waals surface area contributed by atoms with Crippen LogP contribution in [0.5, 0.6) is 0 Å². The molecule has 1 N–H and O–H groups in total. The summed E-state index contributed by atoms with van der Waals surface area (Å²) in [5.74, 6) is 1.19. The number of hydrogen-bond acceptors (Lipinski definition) is 2. The first-order valence-corrected chi connectivity index (χ1v) is 5.87. The van der Waals surface area contributed by atoms with Gasteiger partial charge in [-0.15, -0.1) is 0 Å². The van der Waals surface area contributed by atoms with Gasteiger partial charge in [-0.2, -0.15) is 11.8 Å². The highest BCUT2D eigenvalue weighted by molar-refractivity contribution is 7.99. The fourth-order valence-corrected chi connectivity index (χ4v) is 2.81. The van der Waals surface area contributed by atoms with E-state index in [1.807, 2.05) is 23.9 Å². The van der Waals surface area contributed by atoms with Gasteiger partial charge in [0, 0.05) is 29.1 Å². The lowest BCUT2D eigenvalue weighted by atomic mass is 10.1. The maximum Gasteiger partial charge on any atom is 0.0422 e. The first kappa shape index (κ1) is 9.38. The molecular weight excluding hydrogens is 202 g/mol. The Bertz CT molecular complexity index is 284. The van der Waals surface area contributed by atoms with Crippen LogP contribution in [0, 0.1) is 0 Å². The SMILES string of the molecule is Clc1cccc(C2CNCCS2)c1. The average Bonchev–Trinajstić information content (AvgIpc) is 2.19. The van der Waals surface area contributed by atoms with Crippen LogP contribution in [-0.2, 0) is 0 Å². The van der Waals surface area contributed by atoms with E-state index in [4.69, 9.17) is 11.6 Å². The van der Waals surface area contributed by atoms with Gasteiger partial charge in [-0.05, 0) is 17.7 Å². The summed E-state index contributed by atoms with van der Waals surface area (Å²) >= 11 is 7.94. The maximum atomic E-state index is 5.93. The molecule has 0 bridgehead atoms. The van der Waals surface area contributed by atoms with Crippen molar-refractivity contribution in [1.29, 1.82) is 0 Å². The summed E-state index contributed by atoms with van der Waals surface area (Å²) in [4.78, 5) is 0. The van der Waals surface area contributed by atoms with Crippen LogP contribution in [0.1, 0.15) is 10.8 Å². The van der Waals surface area contributed by atoms with Crippen LogP contribution in [0.4, 0.5) is 0 Å². The van der Waals surface area contributed by atoms with Gasteiger partial charge in [0.2, 0.25) is 0 Å². The molecule has 1 aromatic rings. The number of nitrogens with one attached hydrogen (secondary N) is 1. The third-order valence-electron chi connectivity index (χ3n) is 2.15. The minimum Gasteiger partial charge on any atom is -0.314 e. The van der Waals surface area contributed by atoms with Crippen molar-refractivity contribution in [2.24, 2.45) is 0 Å². The van der Waals surface area contributed by atoms with E-state index in [9.17, 15) is 0 Å². The molecule has 0 amide bonds. The van der Waals surface area contributed by atoms with E-state index in [-0.39, 0.29) is 0 Å². The quantitative estimate of drug-likeness (QED) is 0.770. The Morgan fingerprint density at radius 2 is 2.38 bits per heavy atom. The summed E-state index contributed by atoms with van der Waals surface area (Å²) in [5, 5.41) is 4.80. The summed E-state index contributed by atoms with van der Waals surface area (Å²) in [6, 6.07) is 8.15. The summed E-state index contributed by atoms with van der Waals surface area (Å²) in [6.45, 7) is 2.19. The molecule has 1 heterocycles. The Morgan fingerprint density at radius 3 is 3.08 bits per heavy atom. The molecule has 13 heavy (non-hydrogen) atoms. The van der Waals surface area contributed by atoms with Crippen molar-refractivity contribution in [1.82, 2.24) is 5.32 Å². The monoisotopic (exact) mass is 213 g/mol. The first-order chi connectivity index (χ1) is 6.36. The molecular formula is C10H12ClNS. The number of hydrogen-bond donors (Lipinski definition) is 1. The lowest BCUT2D eigenvalue weighted by Gasteiger charge is -2.22. The van der Waals surface area contributed by atoms with E-state index in [1.54, 1.807) is 0 Å². The zero-order valence-corrected chi connectivity index (χ0v) is 8.87. The smallest absolute Gasteiger partial charge is 0.0422 e. The second-order valence-corrected chi connectivity index (χ2v) is 4.87. The number of benzene rings is 1. The normalized spacial score (nSPS) is 23.0. The Hall–Kier alpha value is -0.180. The van der Waals surface area contributed by atoms with Crippen molar-refractivity contribution in [3.63, 3.8) is 0 Å². The molecule has 0 aliphatic carbocycles. The van der Waals surface area contributed by atoms with Gasteiger partial charge in [0.05, 0.1) is 0 Å². The molecule has 1 aliphatic rings. The Balaban J connectivity index is 2.14. The molecule has 1 fully saturated rings. The highest BCUT2D eigenvalue weighted by atomic mass is 35.5. The fraction of sp³-hybridized carbons (Fsp3) is 0.400. The lowest BCUT2D eigenvalue weighted by Crippen LogP contribution is -2.28. The average molecular weight is 214 g/mol. The van der Waals surface area contributed by atoms with Gasteiger partial charge in [0.1, 0.15) is 0 Å². The van der Waals surface area contributed by atoms with E-state index >= 15 is 0 Å². The van der Waals surface area contributed by atoms with Crippen molar-refractivity contribution in [3.8, 4) is 0 Å². The molecule has 1 unspecified atom stereocenters. The number of rotatable bonds is 1. The molecule has 1 aromatic carbocycles. The fourth-order valence-electron chi connectivity index (χ4n) is 1.49. The molecule has 1 aliphatic heterocycles. The van der Waals surface area contributed by atoms with Crippen molar-refractivity contribution < 1.29 is 0 Å². The second kappa shape index (κ2) is 4.36. The predicted octanol–water partition coefficient (Wildman–Crippen LogP) is 2.72. The number of halogens is 1. The molecule has 0 spiro atoms. The molecule has 70 valence electrons. The third kappa shape index (κ3) is 2.39.